The van der Waals surface area contributed by atoms with Gasteiger partial charge in [0.1, 0.15) is 17.7 Å². The molecule has 0 radical (unpaired) electrons. The molecule has 1 unspecified atom stereocenters. The molecule has 51 heavy (non-hydrogen) atoms. The van der Waals surface area contributed by atoms with Gasteiger partial charge >= 0.3 is 5.97 Å². The van der Waals surface area contributed by atoms with Gasteiger partial charge in [-0.1, -0.05) is 91.5 Å². The van der Waals surface area contributed by atoms with Crippen molar-refractivity contribution in [3.05, 3.63) is 61.2 Å². The summed E-state index contributed by atoms with van der Waals surface area (Å²) in [6.45, 7) is 11.5. The molecule has 1 aromatic carbocycles. The Bertz CT molecular complexity index is 1420. The van der Waals surface area contributed by atoms with Crippen molar-refractivity contribution >= 4 is 39.6 Å². The van der Waals surface area contributed by atoms with Gasteiger partial charge < -0.3 is 34.4 Å². The molecule has 4 fully saturated rings. The Morgan fingerprint density at radius 2 is 1.86 bits per heavy atom. The van der Waals surface area contributed by atoms with Crippen LogP contribution in [0.1, 0.15) is 76.9 Å². The Morgan fingerprint density at radius 1 is 1.16 bits per heavy atom. The number of halogens is 1. The SMILES string of the molecule is C=CCCC(=O)N[C@H](COC)[C@H](OC(=O)[C@@H]1[C@H]2O[C@@]3(CC2Br)[C@H](C(=O)N(CC=C)C2CCCCC2)N([C@@H](CO)C(C)C)C(=O)[C@@H]13)c1ccccc1. The lowest BCUT2D eigenvalue weighted by Gasteiger charge is -2.43. The van der Waals surface area contributed by atoms with Gasteiger partial charge in [0.05, 0.1) is 43.2 Å². The fourth-order valence-corrected chi connectivity index (χ4v) is 9.77. The van der Waals surface area contributed by atoms with E-state index < -0.39 is 59.6 Å². The minimum absolute atomic E-state index is 0.00606. The van der Waals surface area contributed by atoms with Crippen LogP contribution < -0.4 is 5.32 Å². The zero-order chi connectivity index (χ0) is 36.9. The molecule has 5 rings (SSSR count). The van der Waals surface area contributed by atoms with Gasteiger partial charge in [-0.3, -0.25) is 19.2 Å². The molecule has 2 bridgehead atoms. The zero-order valence-corrected chi connectivity index (χ0v) is 31.7. The second kappa shape index (κ2) is 17.2. The summed E-state index contributed by atoms with van der Waals surface area (Å²) in [5.41, 5.74) is -0.675. The molecular formula is C39H54BrN3O8. The Kier molecular flexibility index (Phi) is 13.2. The van der Waals surface area contributed by atoms with E-state index in [2.05, 4.69) is 34.4 Å². The smallest absolute Gasteiger partial charge is 0.313 e. The summed E-state index contributed by atoms with van der Waals surface area (Å²) in [4.78, 5) is 60.4. The number of nitrogens with zero attached hydrogens (tertiary/aromatic N) is 2. The molecule has 1 spiro atoms. The number of benzene rings is 1. The first-order valence-corrected chi connectivity index (χ1v) is 19.3. The summed E-state index contributed by atoms with van der Waals surface area (Å²) < 4.78 is 18.6. The number of rotatable bonds is 17. The molecule has 1 saturated carbocycles. The highest BCUT2D eigenvalue weighted by Gasteiger charge is 2.78. The Balaban J connectivity index is 1.54. The lowest BCUT2D eigenvalue weighted by molar-refractivity contribution is -0.164. The van der Waals surface area contributed by atoms with Crippen molar-refractivity contribution in [1.82, 2.24) is 15.1 Å². The third-order valence-corrected chi connectivity index (χ3v) is 12.0. The molecule has 3 heterocycles. The number of esters is 1. The number of hydrogen-bond donors (Lipinski definition) is 2. The molecule has 3 saturated heterocycles. The van der Waals surface area contributed by atoms with Crippen LogP contribution in [0.15, 0.2) is 55.6 Å². The highest BCUT2D eigenvalue weighted by Crippen LogP contribution is 2.61. The fraction of sp³-hybridized carbons (Fsp3) is 0.641. The molecule has 0 aromatic heterocycles. The Hall–Kier alpha value is -3.06. The van der Waals surface area contributed by atoms with Crippen LogP contribution in [0.5, 0.6) is 0 Å². The molecule has 1 aromatic rings. The number of aliphatic hydroxyl groups is 1. The van der Waals surface area contributed by atoms with Crippen molar-refractivity contribution in [3.8, 4) is 0 Å². The van der Waals surface area contributed by atoms with Gasteiger partial charge in [-0.05, 0) is 37.2 Å². The average molecular weight is 773 g/mol. The second-order valence-electron chi connectivity index (χ2n) is 14.7. The molecule has 3 aliphatic heterocycles. The summed E-state index contributed by atoms with van der Waals surface area (Å²) in [5.74, 6) is -3.78. The number of ether oxygens (including phenoxy) is 3. The van der Waals surface area contributed by atoms with Gasteiger partial charge in [0.15, 0.2) is 0 Å². The van der Waals surface area contributed by atoms with Gasteiger partial charge in [-0.25, -0.2) is 0 Å². The van der Waals surface area contributed by atoms with Crippen LogP contribution in [0.3, 0.4) is 0 Å². The van der Waals surface area contributed by atoms with Gasteiger partial charge in [0, 0.05) is 30.9 Å². The normalized spacial score (nSPS) is 28.9. The minimum atomic E-state index is -1.32. The highest BCUT2D eigenvalue weighted by atomic mass is 79.9. The number of allylic oxidation sites excluding steroid dienone is 1. The maximum Gasteiger partial charge on any atom is 0.313 e. The number of aliphatic hydroxyl groups excluding tert-OH is 1. The van der Waals surface area contributed by atoms with E-state index in [1.54, 1.807) is 12.2 Å². The van der Waals surface area contributed by atoms with E-state index in [9.17, 15) is 24.3 Å². The summed E-state index contributed by atoms with van der Waals surface area (Å²) in [6.07, 6.45) is 7.56. The van der Waals surface area contributed by atoms with Crippen LogP contribution in [0.4, 0.5) is 0 Å². The molecule has 1 aliphatic carbocycles. The van der Waals surface area contributed by atoms with E-state index in [-0.39, 0.29) is 48.2 Å². The van der Waals surface area contributed by atoms with Crippen molar-refractivity contribution in [2.45, 2.75) is 112 Å². The van der Waals surface area contributed by atoms with Crippen molar-refractivity contribution in [1.29, 1.82) is 0 Å². The van der Waals surface area contributed by atoms with Gasteiger partial charge in [0.25, 0.3) is 0 Å². The Labute approximate surface area is 310 Å². The number of fused-ring (bicyclic) bond motifs is 1. The van der Waals surface area contributed by atoms with Gasteiger partial charge in [-0.2, -0.15) is 0 Å². The van der Waals surface area contributed by atoms with Crippen molar-refractivity contribution in [2.75, 3.05) is 26.9 Å². The molecule has 3 amide bonds. The van der Waals surface area contributed by atoms with Crippen LogP contribution in [0, 0.1) is 17.8 Å². The number of alkyl halides is 1. The van der Waals surface area contributed by atoms with Crippen LogP contribution >= 0.6 is 15.9 Å². The summed E-state index contributed by atoms with van der Waals surface area (Å²) >= 11 is 3.76. The number of hydrogen-bond acceptors (Lipinski definition) is 8. The first-order valence-electron chi connectivity index (χ1n) is 18.3. The van der Waals surface area contributed by atoms with Gasteiger partial charge in [0.2, 0.25) is 17.7 Å². The van der Waals surface area contributed by atoms with Crippen LogP contribution in [-0.4, -0.2) is 106 Å². The van der Waals surface area contributed by atoms with E-state index in [0.29, 0.717) is 24.9 Å². The van der Waals surface area contributed by atoms with Crippen LogP contribution in [0.2, 0.25) is 0 Å². The van der Waals surface area contributed by atoms with E-state index in [4.69, 9.17) is 14.2 Å². The molecule has 9 atom stereocenters. The number of carbonyl (C=O) groups excluding carboxylic acids is 4. The molecule has 11 nitrogen and oxygen atoms in total. The minimum Gasteiger partial charge on any atom is -0.455 e. The van der Waals surface area contributed by atoms with E-state index in [1.165, 1.54) is 12.0 Å². The molecule has 2 N–H and O–H groups in total. The lowest BCUT2D eigenvalue weighted by atomic mass is 9.70. The first-order chi connectivity index (χ1) is 24.5. The van der Waals surface area contributed by atoms with E-state index >= 15 is 0 Å². The monoisotopic (exact) mass is 771 g/mol. The second-order valence-corrected chi connectivity index (χ2v) is 15.9. The first kappa shape index (κ1) is 39.2. The van der Waals surface area contributed by atoms with Crippen LogP contribution in [-0.2, 0) is 33.4 Å². The maximum atomic E-state index is 15.0. The molecule has 280 valence electrons. The number of methoxy groups -OCH3 is 1. The van der Waals surface area contributed by atoms with Gasteiger partial charge in [-0.15, -0.1) is 13.2 Å². The molecule has 4 aliphatic rings. The topological polar surface area (TPSA) is 135 Å². The van der Waals surface area contributed by atoms with E-state index in [0.717, 1.165) is 32.1 Å². The lowest BCUT2D eigenvalue weighted by Crippen LogP contribution is -2.61. The number of likely N-dealkylation sites (tertiary alicyclic amines) is 1. The fourth-order valence-electron chi connectivity index (χ4n) is 8.83. The van der Waals surface area contributed by atoms with Crippen LogP contribution in [0.25, 0.3) is 0 Å². The van der Waals surface area contributed by atoms with Crippen molar-refractivity contribution < 1.29 is 38.5 Å². The van der Waals surface area contributed by atoms with E-state index in [1.807, 2.05) is 49.1 Å². The largest absolute Gasteiger partial charge is 0.455 e. The highest BCUT2D eigenvalue weighted by molar-refractivity contribution is 9.09. The maximum absolute atomic E-state index is 15.0. The third kappa shape index (κ3) is 7.70. The average Bonchev–Trinajstić information content (AvgIpc) is 3.72. The molecule has 12 heteroatoms. The number of carbonyl (C=O) groups is 4. The summed E-state index contributed by atoms with van der Waals surface area (Å²) in [6, 6.07) is 6.65. The van der Waals surface area contributed by atoms with Crippen molar-refractivity contribution in [3.63, 3.8) is 0 Å². The standard InChI is InChI=1S/C39H54BrN3O8/c1-6-8-19-30(45)41-28(23-49-5)33(25-15-11-9-12-16-25)50-38(48)31-32-36(46)43(29(22-44)24(3)4)35(39(32)21-27(40)34(31)51-39)37(47)42(20-7-2)26-17-13-10-14-18-26/h6-7,9,11-12,15-16,24,26-29,31-35,44H,1-2,8,10,13-14,17-23H2,3-5H3,(H,41,45)/t27?,28-,29+,31+,32-,33-,34+,35+,39-/m1/s1. The predicted octanol–water partition coefficient (Wildman–Crippen LogP) is 4.48. The quantitative estimate of drug-likeness (QED) is 0.135. The summed E-state index contributed by atoms with van der Waals surface area (Å²) in [7, 11) is 1.51. The third-order valence-electron chi connectivity index (χ3n) is 11.2. The number of amides is 3. The number of nitrogens with one attached hydrogen (secondary N) is 1. The zero-order valence-electron chi connectivity index (χ0n) is 30.1. The predicted molar refractivity (Wildman–Crippen MR) is 196 cm³/mol. The summed E-state index contributed by atoms with van der Waals surface area (Å²) in [5, 5.41) is 13.6. The van der Waals surface area contributed by atoms with Crippen molar-refractivity contribution in [2.24, 2.45) is 17.8 Å². The molecular weight excluding hydrogens is 718 g/mol. The Morgan fingerprint density at radius 3 is 2.47 bits per heavy atom.